The highest BCUT2D eigenvalue weighted by atomic mass is 16.2. The Morgan fingerprint density at radius 1 is 1.36 bits per heavy atom. The van der Waals surface area contributed by atoms with Crippen molar-refractivity contribution in [2.45, 2.75) is 38.3 Å². The Morgan fingerprint density at radius 3 is 2.95 bits per heavy atom. The van der Waals surface area contributed by atoms with Gasteiger partial charge in [0, 0.05) is 38.8 Å². The fourth-order valence-electron chi connectivity index (χ4n) is 3.45. The quantitative estimate of drug-likeness (QED) is 0.827. The lowest BCUT2D eigenvalue weighted by Gasteiger charge is -2.35. The molecule has 2 amide bonds. The first-order valence-corrected chi connectivity index (χ1v) is 7.86. The Bertz CT molecular complexity index is 582. The number of nitrogens with two attached hydrogens (primary N) is 1. The minimum Gasteiger partial charge on any atom is -0.368 e. The van der Waals surface area contributed by atoms with Gasteiger partial charge in [0.25, 0.3) is 0 Å². The SMILES string of the molecule is Cn1cnc2c1CCN(CC(=O)N1CCCCC1C(N)=O)C2. The standard InChI is InChI=1S/C15H23N5O2/c1-18-10-17-11-8-19(7-5-12(11)18)9-14(21)20-6-3-2-4-13(20)15(16)22/h10,13H,2-9H2,1H3,(H2,16,22). The third-order valence-electron chi connectivity index (χ3n) is 4.69. The van der Waals surface area contributed by atoms with E-state index in [0.29, 0.717) is 26.1 Å². The fraction of sp³-hybridized carbons (Fsp3) is 0.667. The molecule has 120 valence electrons. The van der Waals surface area contributed by atoms with Crippen LogP contribution in [0.2, 0.25) is 0 Å². The predicted molar refractivity (Wildman–Crippen MR) is 80.7 cm³/mol. The summed E-state index contributed by atoms with van der Waals surface area (Å²) in [5.41, 5.74) is 7.73. The smallest absolute Gasteiger partial charge is 0.240 e. The molecule has 0 radical (unpaired) electrons. The van der Waals surface area contributed by atoms with E-state index in [4.69, 9.17) is 5.73 Å². The van der Waals surface area contributed by atoms with Gasteiger partial charge in [0.1, 0.15) is 6.04 Å². The van der Waals surface area contributed by atoms with E-state index in [0.717, 1.165) is 31.5 Å². The van der Waals surface area contributed by atoms with Gasteiger partial charge in [-0.15, -0.1) is 0 Å². The van der Waals surface area contributed by atoms with Crippen LogP contribution < -0.4 is 5.73 Å². The van der Waals surface area contributed by atoms with Crippen molar-refractivity contribution >= 4 is 11.8 Å². The Hall–Kier alpha value is -1.89. The molecule has 1 aromatic rings. The number of imidazole rings is 1. The summed E-state index contributed by atoms with van der Waals surface area (Å²) in [6, 6.07) is -0.434. The van der Waals surface area contributed by atoms with Crippen molar-refractivity contribution in [1.82, 2.24) is 19.4 Å². The van der Waals surface area contributed by atoms with Crippen LogP contribution in [-0.2, 0) is 29.6 Å². The molecule has 2 aliphatic rings. The van der Waals surface area contributed by atoms with Gasteiger partial charge in [-0.25, -0.2) is 4.98 Å². The van der Waals surface area contributed by atoms with Crippen LogP contribution in [-0.4, -0.2) is 56.8 Å². The summed E-state index contributed by atoms with van der Waals surface area (Å²) in [6.45, 7) is 2.50. The number of hydrogen-bond donors (Lipinski definition) is 1. The Labute approximate surface area is 130 Å². The number of aryl methyl sites for hydroxylation is 1. The fourth-order valence-corrected chi connectivity index (χ4v) is 3.45. The molecule has 2 N–H and O–H groups in total. The lowest BCUT2D eigenvalue weighted by atomic mass is 10.0. The lowest BCUT2D eigenvalue weighted by Crippen LogP contribution is -2.53. The van der Waals surface area contributed by atoms with Crippen LogP contribution >= 0.6 is 0 Å². The Kier molecular flexibility index (Phi) is 4.15. The number of piperidine rings is 1. The van der Waals surface area contributed by atoms with Gasteiger partial charge in [0.15, 0.2) is 0 Å². The summed E-state index contributed by atoms with van der Waals surface area (Å²) < 4.78 is 2.04. The van der Waals surface area contributed by atoms with Gasteiger partial charge < -0.3 is 15.2 Å². The Morgan fingerprint density at radius 2 is 2.18 bits per heavy atom. The summed E-state index contributed by atoms with van der Waals surface area (Å²) in [4.78, 5) is 32.2. The number of rotatable bonds is 3. The van der Waals surface area contributed by atoms with Crippen molar-refractivity contribution in [1.29, 1.82) is 0 Å². The van der Waals surface area contributed by atoms with Gasteiger partial charge in [-0.3, -0.25) is 14.5 Å². The molecular formula is C15H23N5O2. The number of fused-ring (bicyclic) bond motifs is 1. The zero-order chi connectivity index (χ0) is 15.7. The molecule has 1 saturated heterocycles. The van der Waals surface area contributed by atoms with Crippen LogP contribution in [0.15, 0.2) is 6.33 Å². The van der Waals surface area contributed by atoms with Crippen LogP contribution in [0.25, 0.3) is 0 Å². The van der Waals surface area contributed by atoms with Crippen molar-refractivity contribution < 1.29 is 9.59 Å². The molecule has 0 aliphatic carbocycles. The molecule has 0 bridgehead atoms. The van der Waals surface area contributed by atoms with Crippen molar-refractivity contribution in [2.24, 2.45) is 12.8 Å². The average Bonchev–Trinajstić information content (AvgIpc) is 2.88. The second-order valence-electron chi connectivity index (χ2n) is 6.21. The van der Waals surface area contributed by atoms with Gasteiger partial charge >= 0.3 is 0 Å². The molecule has 7 nitrogen and oxygen atoms in total. The molecule has 0 saturated carbocycles. The van der Waals surface area contributed by atoms with E-state index < -0.39 is 11.9 Å². The lowest BCUT2D eigenvalue weighted by molar-refractivity contribution is -0.142. The minimum absolute atomic E-state index is 0.00267. The number of hydrogen-bond acceptors (Lipinski definition) is 4. The van der Waals surface area contributed by atoms with E-state index in [1.165, 1.54) is 5.69 Å². The summed E-state index contributed by atoms with van der Waals surface area (Å²) >= 11 is 0. The van der Waals surface area contributed by atoms with Gasteiger partial charge in [0.05, 0.1) is 18.6 Å². The van der Waals surface area contributed by atoms with Crippen molar-refractivity contribution in [3.05, 3.63) is 17.7 Å². The van der Waals surface area contributed by atoms with Gasteiger partial charge in [-0.05, 0) is 19.3 Å². The topological polar surface area (TPSA) is 84.5 Å². The predicted octanol–water partition coefficient (Wildman–Crippen LogP) is -0.355. The number of carbonyl (C=O) groups is 2. The van der Waals surface area contributed by atoms with E-state index in [9.17, 15) is 9.59 Å². The van der Waals surface area contributed by atoms with Crippen LogP contribution in [0, 0.1) is 0 Å². The highest BCUT2D eigenvalue weighted by Crippen LogP contribution is 2.20. The summed E-state index contributed by atoms with van der Waals surface area (Å²) in [5.74, 6) is -0.387. The molecule has 0 aromatic carbocycles. The number of likely N-dealkylation sites (tertiary alicyclic amines) is 1. The van der Waals surface area contributed by atoms with Gasteiger partial charge in [-0.2, -0.15) is 0 Å². The zero-order valence-electron chi connectivity index (χ0n) is 13.0. The number of carbonyl (C=O) groups excluding carboxylic acids is 2. The second kappa shape index (κ2) is 6.08. The second-order valence-corrected chi connectivity index (χ2v) is 6.21. The normalized spacial score (nSPS) is 22.4. The van der Waals surface area contributed by atoms with Crippen LogP contribution in [0.1, 0.15) is 30.7 Å². The molecular weight excluding hydrogens is 282 g/mol. The van der Waals surface area contributed by atoms with Gasteiger partial charge in [0.2, 0.25) is 11.8 Å². The molecule has 2 aliphatic heterocycles. The van der Waals surface area contributed by atoms with E-state index in [1.54, 1.807) is 4.90 Å². The van der Waals surface area contributed by atoms with E-state index in [-0.39, 0.29) is 5.91 Å². The molecule has 1 aromatic heterocycles. The summed E-state index contributed by atoms with van der Waals surface area (Å²) in [5, 5.41) is 0. The first-order valence-electron chi connectivity index (χ1n) is 7.86. The number of primary amides is 1. The molecule has 7 heteroatoms. The Balaban J connectivity index is 1.63. The van der Waals surface area contributed by atoms with Crippen LogP contribution in [0.5, 0.6) is 0 Å². The zero-order valence-corrected chi connectivity index (χ0v) is 13.0. The van der Waals surface area contributed by atoms with Crippen LogP contribution in [0.4, 0.5) is 0 Å². The van der Waals surface area contributed by atoms with Crippen molar-refractivity contribution in [3.63, 3.8) is 0 Å². The maximum absolute atomic E-state index is 12.5. The third-order valence-corrected chi connectivity index (χ3v) is 4.69. The van der Waals surface area contributed by atoms with Crippen molar-refractivity contribution in [3.8, 4) is 0 Å². The van der Waals surface area contributed by atoms with Gasteiger partial charge in [-0.1, -0.05) is 0 Å². The first kappa shape index (κ1) is 15.0. The first-order chi connectivity index (χ1) is 10.6. The molecule has 22 heavy (non-hydrogen) atoms. The van der Waals surface area contributed by atoms with E-state index >= 15 is 0 Å². The third kappa shape index (κ3) is 2.85. The highest BCUT2D eigenvalue weighted by molar-refractivity contribution is 5.87. The maximum atomic E-state index is 12.5. The number of aromatic nitrogens is 2. The molecule has 0 spiro atoms. The number of amides is 2. The highest BCUT2D eigenvalue weighted by Gasteiger charge is 2.32. The maximum Gasteiger partial charge on any atom is 0.240 e. The molecule has 3 heterocycles. The average molecular weight is 305 g/mol. The molecule has 3 rings (SSSR count). The number of nitrogens with zero attached hydrogens (tertiary/aromatic N) is 4. The van der Waals surface area contributed by atoms with E-state index in [1.807, 2.05) is 17.9 Å². The molecule has 1 unspecified atom stereocenters. The molecule has 1 fully saturated rings. The monoisotopic (exact) mass is 305 g/mol. The van der Waals surface area contributed by atoms with Crippen molar-refractivity contribution in [2.75, 3.05) is 19.6 Å². The summed E-state index contributed by atoms with van der Waals surface area (Å²) in [7, 11) is 2.00. The largest absolute Gasteiger partial charge is 0.368 e. The minimum atomic E-state index is -0.434. The van der Waals surface area contributed by atoms with E-state index in [2.05, 4.69) is 9.88 Å². The summed E-state index contributed by atoms with van der Waals surface area (Å²) in [6.07, 6.45) is 5.31. The molecule has 1 atom stereocenters. The van der Waals surface area contributed by atoms with Crippen LogP contribution in [0.3, 0.4) is 0 Å².